The molecule has 1 aliphatic rings. The fourth-order valence-electron chi connectivity index (χ4n) is 3.79. The molecule has 1 aromatic heterocycles. The number of benzene rings is 2. The molecule has 0 bridgehead atoms. The third kappa shape index (κ3) is 3.79. The van der Waals surface area contributed by atoms with Crippen LogP contribution in [-0.2, 0) is 11.3 Å². The molecule has 0 unspecified atom stereocenters. The molecule has 1 amide bonds. The van der Waals surface area contributed by atoms with Gasteiger partial charge in [-0.25, -0.2) is 0 Å². The summed E-state index contributed by atoms with van der Waals surface area (Å²) in [6.07, 6.45) is 3.76. The van der Waals surface area contributed by atoms with E-state index in [0.717, 1.165) is 37.1 Å². The monoisotopic (exact) mass is 375 g/mol. The minimum absolute atomic E-state index is 0.155. The molecular weight excluding hydrogens is 350 g/mol. The Labute approximate surface area is 165 Å². The Balaban J connectivity index is 1.64. The second-order valence-corrected chi connectivity index (χ2v) is 7.19. The van der Waals surface area contributed by atoms with Crippen LogP contribution in [-0.4, -0.2) is 38.8 Å². The van der Waals surface area contributed by atoms with Crippen LogP contribution in [0.25, 0.3) is 22.5 Å². The first kappa shape index (κ1) is 18.3. The summed E-state index contributed by atoms with van der Waals surface area (Å²) in [6.45, 7) is 2.15. The molecule has 1 saturated heterocycles. The number of likely N-dealkylation sites (tertiary alicyclic amines) is 1. The minimum atomic E-state index is 0.155. The van der Waals surface area contributed by atoms with Gasteiger partial charge in [-0.3, -0.25) is 9.48 Å². The van der Waals surface area contributed by atoms with Crippen molar-refractivity contribution in [1.82, 2.24) is 14.7 Å². The van der Waals surface area contributed by atoms with Crippen LogP contribution in [0.5, 0.6) is 5.75 Å². The highest BCUT2D eigenvalue weighted by molar-refractivity contribution is 5.79. The molecule has 1 aliphatic heterocycles. The van der Waals surface area contributed by atoms with Crippen molar-refractivity contribution >= 4 is 5.91 Å². The number of rotatable bonds is 5. The van der Waals surface area contributed by atoms with E-state index >= 15 is 0 Å². The Morgan fingerprint density at radius 1 is 0.893 bits per heavy atom. The molecule has 1 N–H and O–H groups in total. The highest BCUT2D eigenvalue weighted by Crippen LogP contribution is 2.37. The first-order valence-electron chi connectivity index (χ1n) is 9.92. The van der Waals surface area contributed by atoms with Crippen LogP contribution < -0.4 is 0 Å². The van der Waals surface area contributed by atoms with Crippen LogP contribution in [0.1, 0.15) is 25.7 Å². The number of carbonyl (C=O) groups is 1. The quantitative estimate of drug-likeness (QED) is 0.722. The molecule has 0 spiro atoms. The van der Waals surface area contributed by atoms with Gasteiger partial charge in [0.1, 0.15) is 11.4 Å². The highest BCUT2D eigenvalue weighted by atomic mass is 16.3. The number of hydrogen-bond donors (Lipinski definition) is 1. The van der Waals surface area contributed by atoms with E-state index in [1.807, 2.05) is 65.6 Å². The van der Waals surface area contributed by atoms with Crippen molar-refractivity contribution in [3.63, 3.8) is 0 Å². The lowest BCUT2D eigenvalue weighted by molar-refractivity contribution is -0.132. The van der Waals surface area contributed by atoms with Crippen molar-refractivity contribution in [3.8, 4) is 28.3 Å². The van der Waals surface area contributed by atoms with Gasteiger partial charge in [0.25, 0.3) is 0 Å². The average Bonchev–Trinajstić information content (AvgIpc) is 3.10. The smallest absolute Gasteiger partial charge is 0.224 e. The number of nitrogens with zero attached hydrogens (tertiary/aromatic N) is 3. The normalized spacial score (nSPS) is 14.2. The van der Waals surface area contributed by atoms with Crippen molar-refractivity contribution in [2.24, 2.45) is 0 Å². The Kier molecular flexibility index (Phi) is 5.42. The second-order valence-electron chi connectivity index (χ2n) is 7.19. The molecule has 0 saturated carbocycles. The van der Waals surface area contributed by atoms with Gasteiger partial charge < -0.3 is 10.0 Å². The van der Waals surface area contributed by atoms with Gasteiger partial charge in [0.05, 0.1) is 6.54 Å². The maximum absolute atomic E-state index is 12.6. The van der Waals surface area contributed by atoms with Crippen LogP contribution in [0.4, 0.5) is 0 Å². The molecule has 5 nitrogen and oxygen atoms in total. The van der Waals surface area contributed by atoms with Gasteiger partial charge in [-0.05, 0) is 19.3 Å². The Morgan fingerprint density at radius 2 is 1.50 bits per heavy atom. The zero-order valence-electron chi connectivity index (χ0n) is 15.9. The zero-order valence-corrected chi connectivity index (χ0v) is 15.9. The summed E-state index contributed by atoms with van der Waals surface area (Å²) in [7, 11) is 0. The number of carbonyl (C=O) groups excluding carboxylic acids is 1. The van der Waals surface area contributed by atoms with Crippen LogP contribution in [0.3, 0.4) is 0 Å². The molecule has 1 fully saturated rings. The van der Waals surface area contributed by atoms with Gasteiger partial charge in [0.2, 0.25) is 5.91 Å². The van der Waals surface area contributed by atoms with E-state index in [-0.39, 0.29) is 11.7 Å². The molecule has 4 rings (SSSR count). The fraction of sp³-hybridized carbons (Fsp3) is 0.304. The van der Waals surface area contributed by atoms with Gasteiger partial charge in [0.15, 0.2) is 5.75 Å². The molecule has 0 atom stereocenters. The first-order chi connectivity index (χ1) is 13.7. The lowest BCUT2D eigenvalue weighted by Gasteiger charge is -2.26. The van der Waals surface area contributed by atoms with E-state index in [4.69, 9.17) is 0 Å². The van der Waals surface area contributed by atoms with E-state index in [1.54, 1.807) is 4.68 Å². The molecule has 144 valence electrons. The van der Waals surface area contributed by atoms with E-state index in [9.17, 15) is 9.90 Å². The van der Waals surface area contributed by atoms with Gasteiger partial charge in [0, 0.05) is 30.6 Å². The summed E-state index contributed by atoms with van der Waals surface area (Å²) in [5.41, 5.74) is 2.95. The standard InChI is InChI=1S/C23H25N3O2/c27-20(25-15-8-3-9-16-25)14-17-26-22(19-12-6-2-7-13-19)23(28)21(24-26)18-10-4-1-5-11-18/h1-2,4-7,10-13,28H,3,8-9,14-17H2. The van der Waals surface area contributed by atoms with Crippen molar-refractivity contribution < 1.29 is 9.90 Å². The Bertz CT molecular complexity index is 929. The molecule has 5 heteroatoms. The summed E-state index contributed by atoms with van der Waals surface area (Å²) in [5, 5.41) is 15.6. The number of aromatic hydroxyl groups is 1. The predicted octanol–water partition coefficient (Wildman–Crippen LogP) is 4.33. The molecule has 0 aliphatic carbocycles. The lowest BCUT2D eigenvalue weighted by atomic mass is 10.1. The SMILES string of the molecule is O=C(CCn1nc(-c2ccccc2)c(O)c1-c1ccccc1)N1CCCCC1. The van der Waals surface area contributed by atoms with E-state index in [0.29, 0.717) is 24.4 Å². The molecule has 3 aromatic rings. The summed E-state index contributed by atoms with van der Waals surface area (Å²) in [6, 6.07) is 19.4. The predicted molar refractivity (Wildman–Crippen MR) is 110 cm³/mol. The van der Waals surface area contributed by atoms with Gasteiger partial charge >= 0.3 is 0 Å². The molecule has 2 aromatic carbocycles. The summed E-state index contributed by atoms with van der Waals surface area (Å²) < 4.78 is 1.77. The summed E-state index contributed by atoms with van der Waals surface area (Å²) >= 11 is 0. The number of piperidine rings is 1. The molecule has 28 heavy (non-hydrogen) atoms. The Morgan fingerprint density at radius 3 is 2.14 bits per heavy atom. The lowest BCUT2D eigenvalue weighted by Crippen LogP contribution is -2.36. The van der Waals surface area contributed by atoms with Crippen LogP contribution in [0, 0.1) is 0 Å². The number of aryl methyl sites for hydroxylation is 1. The van der Waals surface area contributed by atoms with Crippen molar-refractivity contribution in [3.05, 3.63) is 60.7 Å². The van der Waals surface area contributed by atoms with Gasteiger partial charge in [-0.1, -0.05) is 60.7 Å². The van der Waals surface area contributed by atoms with Gasteiger partial charge in [-0.15, -0.1) is 0 Å². The number of aromatic nitrogens is 2. The van der Waals surface area contributed by atoms with Crippen molar-refractivity contribution in [2.75, 3.05) is 13.1 Å². The van der Waals surface area contributed by atoms with Crippen molar-refractivity contribution in [1.29, 1.82) is 0 Å². The number of hydrogen-bond acceptors (Lipinski definition) is 3. The molecular formula is C23H25N3O2. The summed E-state index contributed by atoms with van der Waals surface area (Å²) in [5.74, 6) is 0.317. The van der Waals surface area contributed by atoms with Crippen LogP contribution >= 0.6 is 0 Å². The van der Waals surface area contributed by atoms with E-state index in [2.05, 4.69) is 5.10 Å². The highest BCUT2D eigenvalue weighted by Gasteiger charge is 2.22. The van der Waals surface area contributed by atoms with Crippen LogP contribution in [0.2, 0.25) is 0 Å². The fourth-order valence-corrected chi connectivity index (χ4v) is 3.79. The molecule has 2 heterocycles. The second kappa shape index (κ2) is 8.30. The van der Waals surface area contributed by atoms with E-state index in [1.165, 1.54) is 6.42 Å². The minimum Gasteiger partial charge on any atom is -0.504 e. The van der Waals surface area contributed by atoms with Crippen LogP contribution in [0.15, 0.2) is 60.7 Å². The topological polar surface area (TPSA) is 58.4 Å². The average molecular weight is 375 g/mol. The van der Waals surface area contributed by atoms with E-state index < -0.39 is 0 Å². The molecule has 0 radical (unpaired) electrons. The summed E-state index contributed by atoms with van der Waals surface area (Å²) in [4.78, 5) is 14.6. The zero-order chi connectivity index (χ0) is 19.3. The Hall–Kier alpha value is -3.08. The third-order valence-electron chi connectivity index (χ3n) is 5.27. The third-order valence-corrected chi connectivity index (χ3v) is 5.27. The maximum atomic E-state index is 12.6. The van der Waals surface area contributed by atoms with Crippen molar-refractivity contribution in [2.45, 2.75) is 32.2 Å². The van der Waals surface area contributed by atoms with Gasteiger partial charge in [-0.2, -0.15) is 5.10 Å². The maximum Gasteiger partial charge on any atom is 0.224 e. The first-order valence-corrected chi connectivity index (χ1v) is 9.92. The largest absolute Gasteiger partial charge is 0.504 e. The number of amides is 1.